The number of ether oxygens (including phenoxy) is 1. The molecule has 6 nitrogen and oxygen atoms in total. The maximum Gasteiger partial charge on any atom is 0.309 e. The van der Waals surface area contributed by atoms with Gasteiger partial charge in [0.25, 0.3) is 0 Å². The van der Waals surface area contributed by atoms with Gasteiger partial charge in [0, 0.05) is 18.0 Å². The van der Waals surface area contributed by atoms with Crippen molar-refractivity contribution in [1.82, 2.24) is 10.6 Å². The van der Waals surface area contributed by atoms with Crippen molar-refractivity contribution in [2.75, 3.05) is 6.54 Å². The predicted octanol–water partition coefficient (Wildman–Crippen LogP) is 4.35. The quantitative estimate of drug-likeness (QED) is 0.504. The lowest BCUT2D eigenvalue weighted by molar-refractivity contribution is -0.154. The second kappa shape index (κ2) is 12.2. The lowest BCUT2D eigenvalue weighted by Gasteiger charge is -2.23. The Balaban J connectivity index is 1.66. The van der Waals surface area contributed by atoms with E-state index in [-0.39, 0.29) is 36.7 Å². The standard InChI is InChI=1S/C26H29ClN2O4/c1-18-7-5-6-10-21(15-24(30)28-16-19-11-13-22(27)14-12-19)25(31)29-17-23(33-26(18)32)20-8-3-2-4-9-20/h2-6,8-9,11-14,18,21,23H,7,10,15-17H2,1H3,(H,28,30)(H,29,31)/b6-5+/t18-,21?,23-/m0/s1. The largest absolute Gasteiger partial charge is 0.455 e. The average Bonchev–Trinajstić information content (AvgIpc) is 2.82. The molecule has 2 aromatic carbocycles. The first kappa shape index (κ1) is 24.5. The molecule has 3 rings (SSSR count). The monoisotopic (exact) mass is 468 g/mol. The number of cyclic esters (lactones) is 1. The predicted molar refractivity (Wildman–Crippen MR) is 127 cm³/mol. The summed E-state index contributed by atoms with van der Waals surface area (Å²) in [5.41, 5.74) is 1.74. The van der Waals surface area contributed by atoms with E-state index in [9.17, 15) is 14.4 Å². The molecule has 0 fully saturated rings. The molecule has 174 valence electrons. The molecule has 2 amide bonds. The number of halogens is 1. The van der Waals surface area contributed by atoms with Crippen molar-refractivity contribution in [3.8, 4) is 0 Å². The van der Waals surface area contributed by atoms with Crippen LogP contribution in [0.2, 0.25) is 5.02 Å². The van der Waals surface area contributed by atoms with Crippen molar-refractivity contribution < 1.29 is 19.1 Å². The number of hydrogen-bond donors (Lipinski definition) is 2. The first-order valence-corrected chi connectivity index (χ1v) is 11.5. The van der Waals surface area contributed by atoms with Gasteiger partial charge in [0.05, 0.1) is 18.4 Å². The van der Waals surface area contributed by atoms with Crippen LogP contribution in [0.5, 0.6) is 0 Å². The van der Waals surface area contributed by atoms with Gasteiger partial charge in [0.1, 0.15) is 6.10 Å². The highest BCUT2D eigenvalue weighted by atomic mass is 35.5. The molecule has 0 aliphatic carbocycles. The maximum absolute atomic E-state index is 12.9. The second-order valence-corrected chi connectivity index (χ2v) is 8.67. The van der Waals surface area contributed by atoms with Crippen LogP contribution in [-0.4, -0.2) is 24.3 Å². The van der Waals surface area contributed by atoms with Gasteiger partial charge in [0.15, 0.2) is 0 Å². The molecular formula is C26H29ClN2O4. The highest BCUT2D eigenvalue weighted by molar-refractivity contribution is 6.30. The molecule has 1 heterocycles. The lowest BCUT2D eigenvalue weighted by Crippen LogP contribution is -2.38. The molecule has 0 bridgehead atoms. The van der Waals surface area contributed by atoms with Gasteiger partial charge < -0.3 is 15.4 Å². The summed E-state index contributed by atoms with van der Waals surface area (Å²) in [5, 5.41) is 6.37. The minimum atomic E-state index is -0.590. The van der Waals surface area contributed by atoms with Crippen LogP contribution in [0.25, 0.3) is 0 Å². The number of nitrogens with one attached hydrogen (secondary N) is 2. The van der Waals surface area contributed by atoms with Crippen LogP contribution in [-0.2, 0) is 25.7 Å². The van der Waals surface area contributed by atoms with Crippen molar-refractivity contribution in [1.29, 1.82) is 0 Å². The van der Waals surface area contributed by atoms with E-state index in [0.29, 0.717) is 24.4 Å². The zero-order valence-corrected chi connectivity index (χ0v) is 19.4. The molecule has 2 aromatic rings. The fourth-order valence-electron chi connectivity index (χ4n) is 3.53. The number of esters is 1. The fraction of sp³-hybridized carbons (Fsp3) is 0.346. The molecule has 0 saturated carbocycles. The number of rotatable bonds is 5. The summed E-state index contributed by atoms with van der Waals surface area (Å²) in [6.07, 6.45) is 4.13. The van der Waals surface area contributed by atoms with Crippen molar-refractivity contribution in [2.45, 2.75) is 38.8 Å². The van der Waals surface area contributed by atoms with E-state index in [1.807, 2.05) is 61.5 Å². The molecule has 0 saturated heterocycles. The first-order valence-electron chi connectivity index (χ1n) is 11.1. The molecule has 1 aliphatic rings. The Kier molecular flexibility index (Phi) is 9.07. The minimum Gasteiger partial charge on any atom is -0.455 e. The van der Waals surface area contributed by atoms with Crippen LogP contribution in [0.1, 0.15) is 43.4 Å². The summed E-state index contributed by atoms with van der Waals surface area (Å²) in [6.45, 7) is 2.33. The lowest BCUT2D eigenvalue weighted by atomic mass is 9.97. The van der Waals surface area contributed by atoms with E-state index in [0.717, 1.165) is 11.1 Å². The Morgan fingerprint density at radius 1 is 1.06 bits per heavy atom. The number of carbonyl (C=O) groups is 3. The van der Waals surface area contributed by atoms with Gasteiger partial charge in [-0.15, -0.1) is 0 Å². The third kappa shape index (κ3) is 7.75. The van der Waals surface area contributed by atoms with Gasteiger partial charge in [-0.1, -0.05) is 73.1 Å². The van der Waals surface area contributed by atoms with Gasteiger partial charge in [-0.3, -0.25) is 14.4 Å². The molecule has 0 radical (unpaired) electrons. The van der Waals surface area contributed by atoms with E-state index < -0.39 is 12.0 Å². The summed E-state index contributed by atoms with van der Waals surface area (Å²) in [4.78, 5) is 37.9. The zero-order valence-electron chi connectivity index (χ0n) is 18.6. The van der Waals surface area contributed by atoms with E-state index >= 15 is 0 Å². The molecule has 1 aliphatic heterocycles. The topological polar surface area (TPSA) is 84.5 Å². The highest BCUT2D eigenvalue weighted by Gasteiger charge is 2.25. The van der Waals surface area contributed by atoms with Crippen LogP contribution in [0, 0.1) is 11.8 Å². The number of carbonyl (C=O) groups excluding carboxylic acids is 3. The first-order chi connectivity index (χ1) is 15.9. The normalized spacial score (nSPS) is 22.8. The smallest absolute Gasteiger partial charge is 0.309 e. The van der Waals surface area contributed by atoms with Gasteiger partial charge in [-0.05, 0) is 36.1 Å². The maximum atomic E-state index is 12.9. The summed E-state index contributed by atoms with van der Waals surface area (Å²) in [7, 11) is 0. The van der Waals surface area contributed by atoms with Crippen LogP contribution in [0.3, 0.4) is 0 Å². The van der Waals surface area contributed by atoms with Crippen LogP contribution < -0.4 is 10.6 Å². The number of amides is 2. The summed E-state index contributed by atoms with van der Waals surface area (Å²) in [5.74, 6) is -1.57. The number of hydrogen-bond acceptors (Lipinski definition) is 4. The third-order valence-electron chi connectivity index (χ3n) is 5.58. The molecule has 7 heteroatoms. The zero-order chi connectivity index (χ0) is 23.6. The van der Waals surface area contributed by atoms with Crippen molar-refractivity contribution in [3.63, 3.8) is 0 Å². The molecule has 33 heavy (non-hydrogen) atoms. The Morgan fingerprint density at radius 2 is 1.76 bits per heavy atom. The summed E-state index contributed by atoms with van der Waals surface area (Å²) in [6, 6.07) is 16.6. The van der Waals surface area contributed by atoms with Crippen LogP contribution in [0.15, 0.2) is 66.7 Å². The Labute approximate surface area is 199 Å². The Hall–Kier alpha value is -3.12. The van der Waals surface area contributed by atoms with Crippen molar-refractivity contribution >= 4 is 29.4 Å². The molecule has 3 atom stereocenters. The number of allylic oxidation sites excluding steroid dienone is 2. The van der Waals surface area contributed by atoms with Crippen LogP contribution in [0.4, 0.5) is 0 Å². The Morgan fingerprint density at radius 3 is 2.48 bits per heavy atom. The molecular weight excluding hydrogens is 440 g/mol. The minimum absolute atomic E-state index is 0.0646. The third-order valence-corrected chi connectivity index (χ3v) is 5.83. The van der Waals surface area contributed by atoms with E-state index in [4.69, 9.17) is 16.3 Å². The van der Waals surface area contributed by atoms with E-state index in [1.54, 1.807) is 12.1 Å². The SMILES string of the molecule is C[C@H]1C/C=C/CC(CC(=O)NCc2ccc(Cl)cc2)C(=O)NC[C@@H](c2ccccc2)OC1=O. The molecule has 1 unspecified atom stereocenters. The van der Waals surface area contributed by atoms with Gasteiger partial charge >= 0.3 is 5.97 Å². The van der Waals surface area contributed by atoms with Crippen LogP contribution >= 0.6 is 11.6 Å². The molecule has 2 N–H and O–H groups in total. The summed E-state index contributed by atoms with van der Waals surface area (Å²) >= 11 is 5.90. The van der Waals surface area contributed by atoms with Crippen molar-refractivity contribution in [2.24, 2.45) is 11.8 Å². The molecule has 0 spiro atoms. The summed E-state index contributed by atoms with van der Waals surface area (Å²) < 4.78 is 5.71. The average molecular weight is 469 g/mol. The van der Waals surface area contributed by atoms with Gasteiger partial charge in [-0.2, -0.15) is 0 Å². The Bertz CT molecular complexity index is 976. The highest BCUT2D eigenvalue weighted by Crippen LogP contribution is 2.21. The second-order valence-electron chi connectivity index (χ2n) is 8.23. The van der Waals surface area contributed by atoms with Crippen molar-refractivity contribution in [3.05, 3.63) is 82.9 Å². The van der Waals surface area contributed by atoms with Gasteiger partial charge in [0.2, 0.25) is 11.8 Å². The van der Waals surface area contributed by atoms with E-state index in [1.165, 1.54) is 0 Å². The number of benzene rings is 2. The van der Waals surface area contributed by atoms with Gasteiger partial charge in [-0.25, -0.2) is 0 Å². The van der Waals surface area contributed by atoms with E-state index in [2.05, 4.69) is 10.6 Å². The molecule has 0 aromatic heterocycles. The fourth-order valence-corrected chi connectivity index (χ4v) is 3.65.